The van der Waals surface area contributed by atoms with Crippen molar-refractivity contribution >= 4 is 17.3 Å². The highest BCUT2D eigenvalue weighted by Gasteiger charge is 2.10. The molecule has 0 saturated heterocycles. The molecule has 2 rings (SSSR count). The van der Waals surface area contributed by atoms with E-state index < -0.39 is 5.97 Å². The summed E-state index contributed by atoms with van der Waals surface area (Å²) in [5.74, 6) is -0.791. The Morgan fingerprint density at radius 3 is 3.00 bits per heavy atom. The second kappa shape index (κ2) is 5.05. The maximum atomic E-state index is 10.5. The molecule has 2 aromatic rings. The summed E-state index contributed by atoms with van der Waals surface area (Å²) in [6.07, 6.45) is 4.09. The molecule has 0 aromatic carbocycles. The van der Waals surface area contributed by atoms with E-state index in [0.29, 0.717) is 6.42 Å². The molecule has 0 atom stereocenters. The Balaban J connectivity index is 2.22. The van der Waals surface area contributed by atoms with Crippen LogP contribution in [0.5, 0.6) is 0 Å². The molecule has 17 heavy (non-hydrogen) atoms. The second-order valence-corrected chi connectivity index (χ2v) is 4.86. The van der Waals surface area contributed by atoms with Crippen molar-refractivity contribution < 1.29 is 9.90 Å². The Bertz CT molecular complexity index is 523. The molecular weight excluding hydrogens is 236 g/mol. The summed E-state index contributed by atoms with van der Waals surface area (Å²) in [6, 6.07) is 3.81. The Morgan fingerprint density at radius 1 is 1.53 bits per heavy atom. The number of aliphatic carboxylic acids is 1. The predicted molar refractivity (Wildman–Crippen MR) is 66.0 cm³/mol. The summed E-state index contributed by atoms with van der Waals surface area (Å²) in [6.45, 7) is 1.97. The number of hydrogen-bond acceptors (Lipinski definition) is 4. The Morgan fingerprint density at radius 2 is 2.35 bits per heavy atom. The number of nitrogens with zero attached hydrogens (tertiary/aromatic N) is 2. The molecule has 0 saturated carbocycles. The molecule has 0 aliphatic heterocycles. The minimum atomic E-state index is -0.791. The molecular formula is C12H12N2O2S. The van der Waals surface area contributed by atoms with Gasteiger partial charge in [-0.25, -0.2) is 4.98 Å². The normalized spacial score (nSPS) is 10.4. The van der Waals surface area contributed by atoms with E-state index in [1.165, 1.54) is 0 Å². The average molecular weight is 248 g/mol. The molecule has 0 fully saturated rings. The number of carbonyl (C=O) groups is 1. The third-order valence-corrected chi connectivity index (χ3v) is 3.44. The summed E-state index contributed by atoms with van der Waals surface area (Å²) < 4.78 is 0. The molecule has 0 bridgehead atoms. The molecule has 0 spiro atoms. The van der Waals surface area contributed by atoms with Gasteiger partial charge in [-0.05, 0) is 19.1 Å². The molecule has 4 nitrogen and oxygen atoms in total. The summed E-state index contributed by atoms with van der Waals surface area (Å²) >= 11 is 1.58. The fraction of sp³-hybridized carbons (Fsp3) is 0.250. The maximum absolute atomic E-state index is 10.5. The van der Waals surface area contributed by atoms with Gasteiger partial charge in [0.1, 0.15) is 5.01 Å². The third kappa shape index (κ3) is 2.88. The first-order valence-corrected chi connectivity index (χ1v) is 6.07. The highest BCUT2D eigenvalue weighted by atomic mass is 32.1. The van der Waals surface area contributed by atoms with E-state index in [0.717, 1.165) is 21.1 Å². The largest absolute Gasteiger partial charge is 0.481 e. The van der Waals surface area contributed by atoms with Gasteiger partial charge in [-0.3, -0.25) is 9.78 Å². The van der Waals surface area contributed by atoms with Crippen molar-refractivity contribution in [3.63, 3.8) is 0 Å². The van der Waals surface area contributed by atoms with Crippen molar-refractivity contribution in [1.29, 1.82) is 0 Å². The maximum Gasteiger partial charge on any atom is 0.303 e. The molecule has 88 valence electrons. The quantitative estimate of drug-likeness (QED) is 0.903. The average Bonchev–Trinajstić information content (AvgIpc) is 2.69. The first kappa shape index (κ1) is 11.7. The van der Waals surface area contributed by atoms with Crippen LogP contribution in [0.25, 0.3) is 10.6 Å². The highest BCUT2D eigenvalue weighted by molar-refractivity contribution is 7.15. The third-order valence-electron chi connectivity index (χ3n) is 2.38. The van der Waals surface area contributed by atoms with Crippen molar-refractivity contribution in [2.24, 2.45) is 0 Å². The molecule has 1 N–H and O–H groups in total. The van der Waals surface area contributed by atoms with Crippen LogP contribution in [0.3, 0.4) is 0 Å². The first-order valence-electron chi connectivity index (χ1n) is 5.25. The van der Waals surface area contributed by atoms with Crippen LogP contribution in [0.4, 0.5) is 0 Å². The van der Waals surface area contributed by atoms with Gasteiger partial charge in [0.15, 0.2) is 0 Å². The van der Waals surface area contributed by atoms with Gasteiger partial charge < -0.3 is 5.11 Å². The zero-order valence-electron chi connectivity index (χ0n) is 9.38. The zero-order valence-corrected chi connectivity index (χ0v) is 10.2. The fourth-order valence-corrected chi connectivity index (χ4v) is 2.45. The summed E-state index contributed by atoms with van der Waals surface area (Å²) in [4.78, 5) is 20.1. The van der Waals surface area contributed by atoms with Crippen LogP contribution < -0.4 is 0 Å². The molecule has 0 aliphatic rings. The van der Waals surface area contributed by atoms with Gasteiger partial charge in [0.2, 0.25) is 0 Å². The summed E-state index contributed by atoms with van der Waals surface area (Å²) in [5, 5.41) is 9.55. The van der Waals surface area contributed by atoms with Crippen LogP contribution in [0, 0.1) is 6.92 Å². The lowest BCUT2D eigenvalue weighted by Gasteiger charge is -1.94. The monoisotopic (exact) mass is 248 g/mol. The number of carboxylic acids is 1. The number of hydrogen-bond donors (Lipinski definition) is 1. The second-order valence-electron chi connectivity index (χ2n) is 3.66. The van der Waals surface area contributed by atoms with Crippen molar-refractivity contribution in [3.05, 3.63) is 35.1 Å². The lowest BCUT2D eigenvalue weighted by Crippen LogP contribution is -1.98. The van der Waals surface area contributed by atoms with Crippen molar-refractivity contribution in [3.8, 4) is 10.6 Å². The molecule has 0 radical (unpaired) electrons. The van der Waals surface area contributed by atoms with Crippen LogP contribution in [0.2, 0.25) is 0 Å². The van der Waals surface area contributed by atoms with Gasteiger partial charge in [-0.15, -0.1) is 11.3 Å². The van der Waals surface area contributed by atoms with Gasteiger partial charge in [0, 0.05) is 29.3 Å². The van der Waals surface area contributed by atoms with E-state index in [2.05, 4.69) is 9.97 Å². The number of carboxylic acid groups (broad SMARTS) is 1. The number of rotatable bonds is 4. The number of pyridine rings is 1. The van der Waals surface area contributed by atoms with Crippen molar-refractivity contribution in [1.82, 2.24) is 9.97 Å². The fourth-order valence-electron chi connectivity index (χ4n) is 1.50. The zero-order chi connectivity index (χ0) is 12.3. The number of aromatic nitrogens is 2. The van der Waals surface area contributed by atoms with E-state index in [4.69, 9.17) is 5.11 Å². The van der Waals surface area contributed by atoms with E-state index in [9.17, 15) is 4.79 Å². The van der Waals surface area contributed by atoms with Gasteiger partial charge >= 0.3 is 5.97 Å². The molecule has 0 unspecified atom stereocenters. The number of aryl methyl sites for hydroxylation is 2. The van der Waals surface area contributed by atoms with Gasteiger partial charge in [-0.1, -0.05) is 0 Å². The standard InChI is InChI=1S/C12H12N2O2S/c1-8-10(4-5-11(15)16)14-12(17-8)9-3-2-6-13-7-9/h2-3,6-7H,4-5H2,1H3,(H,15,16). The first-order chi connectivity index (χ1) is 8.16. The Kier molecular flexibility index (Phi) is 3.49. The SMILES string of the molecule is Cc1sc(-c2cccnc2)nc1CCC(=O)O. The van der Waals surface area contributed by atoms with Crippen molar-refractivity contribution in [2.75, 3.05) is 0 Å². The minimum absolute atomic E-state index is 0.122. The molecule has 5 heteroatoms. The van der Waals surface area contributed by atoms with Crippen LogP contribution in [0.1, 0.15) is 17.0 Å². The number of thiazole rings is 1. The van der Waals surface area contributed by atoms with Crippen LogP contribution in [0.15, 0.2) is 24.5 Å². The smallest absolute Gasteiger partial charge is 0.303 e. The Hall–Kier alpha value is -1.75. The van der Waals surface area contributed by atoms with Gasteiger partial charge in [-0.2, -0.15) is 0 Å². The van der Waals surface area contributed by atoms with Crippen LogP contribution in [-0.2, 0) is 11.2 Å². The molecule has 0 amide bonds. The Labute approximate surface area is 103 Å². The molecule has 0 aliphatic carbocycles. The minimum Gasteiger partial charge on any atom is -0.481 e. The van der Waals surface area contributed by atoms with E-state index in [1.807, 2.05) is 19.1 Å². The lowest BCUT2D eigenvalue weighted by molar-refractivity contribution is -0.136. The molecule has 2 aromatic heterocycles. The highest BCUT2D eigenvalue weighted by Crippen LogP contribution is 2.27. The van der Waals surface area contributed by atoms with Crippen LogP contribution in [-0.4, -0.2) is 21.0 Å². The molecule has 2 heterocycles. The van der Waals surface area contributed by atoms with E-state index in [-0.39, 0.29) is 6.42 Å². The van der Waals surface area contributed by atoms with Gasteiger partial charge in [0.25, 0.3) is 0 Å². The van der Waals surface area contributed by atoms with E-state index in [1.54, 1.807) is 23.7 Å². The lowest BCUT2D eigenvalue weighted by atomic mass is 10.2. The van der Waals surface area contributed by atoms with Crippen molar-refractivity contribution in [2.45, 2.75) is 19.8 Å². The predicted octanol–water partition coefficient (Wildman–Crippen LogP) is 2.53. The van der Waals surface area contributed by atoms with Crippen LogP contribution >= 0.6 is 11.3 Å². The topological polar surface area (TPSA) is 63.1 Å². The van der Waals surface area contributed by atoms with E-state index >= 15 is 0 Å². The summed E-state index contributed by atoms with van der Waals surface area (Å²) in [7, 11) is 0. The van der Waals surface area contributed by atoms with Gasteiger partial charge in [0.05, 0.1) is 12.1 Å². The summed E-state index contributed by atoms with van der Waals surface area (Å²) in [5.41, 5.74) is 1.85.